The quantitative estimate of drug-likeness (QED) is 0.653. The molecule has 0 saturated heterocycles. The summed E-state index contributed by atoms with van der Waals surface area (Å²) in [5.41, 5.74) is 1.29. The smallest absolute Gasteiger partial charge is 0.231 e. The summed E-state index contributed by atoms with van der Waals surface area (Å²) in [6.07, 6.45) is 3.36. The van der Waals surface area contributed by atoms with Gasteiger partial charge in [0.05, 0.1) is 23.0 Å². The van der Waals surface area contributed by atoms with Gasteiger partial charge in [-0.05, 0) is 19.9 Å². The molecule has 1 aromatic rings. The van der Waals surface area contributed by atoms with Crippen molar-refractivity contribution in [3.63, 3.8) is 0 Å². The van der Waals surface area contributed by atoms with Crippen LogP contribution in [0.15, 0.2) is 18.5 Å². The third-order valence-electron chi connectivity index (χ3n) is 2.40. The molecule has 14 heavy (non-hydrogen) atoms. The molecule has 1 amide bonds. The summed E-state index contributed by atoms with van der Waals surface area (Å²) in [4.78, 5) is 15.7. The SMILES string of the molecule is CC1(C)CNc2ccncc2NC1=O. The fraction of sp³-hybridized carbons (Fsp3) is 0.400. The van der Waals surface area contributed by atoms with Crippen molar-refractivity contribution in [2.24, 2.45) is 5.41 Å². The maximum atomic E-state index is 11.7. The number of amides is 1. The van der Waals surface area contributed by atoms with E-state index in [4.69, 9.17) is 0 Å². The van der Waals surface area contributed by atoms with E-state index in [1.165, 1.54) is 0 Å². The molecule has 0 saturated carbocycles. The zero-order chi connectivity index (χ0) is 10.2. The number of aromatic nitrogens is 1. The number of rotatable bonds is 0. The molecule has 0 unspecified atom stereocenters. The number of pyridine rings is 1. The number of nitrogens with zero attached hydrogens (tertiary/aromatic N) is 1. The largest absolute Gasteiger partial charge is 0.382 e. The number of carbonyl (C=O) groups excluding carboxylic acids is 1. The molecule has 1 aromatic heterocycles. The van der Waals surface area contributed by atoms with Gasteiger partial charge in [0.1, 0.15) is 0 Å². The minimum Gasteiger partial charge on any atom is -0.382 e. The molecule has 0 spiro atoms. The maximum Gasteiger partial charge on any atom is 0.231 e. The van der Waals surface area contributed by atoms with E-state index in [0.717, 1.165) is 11.4 Å². The molecule has 0 radical (unpaired) electrons. The highest BCUT2D eigenvalue weighted by molar-refractivity contribution is 5.99. The summed E-state index contributed by atoms with van der Waals surface area (Å²) in [5.74, 6) is 0.0248. The normalized spacial score (nSPS) is 18.9. The van der Waals surface area contributed by atoms with Crippen LogP contribution in [-0.4, -0.2) is 17.4 Å². The second kappa shape index (κ2) is 2.97. The van der Waals surface area contributed by atoms with E-state index >= 15 is 0 Å². The predicted molar refractivity (Wildman–Crippen MR) is 55.1 cm³/mol. The Balaban J connectivity index is 2.38. The summed E-state index contributed by atoms with van der Waals surface area (Å²) in [5, 5.41) is 6.07. The third-order valence-corrected chi connectivity index (χ3v) is 2.40. The third kappa shape index (κ3) is 1.43. The van der Waals surface area contributed by atoms with Crippen LogP contribution in [0.2, 0.25) is 0 Å². The minimum absolute atomic E-state index is 0.0248. The average molecular weight is 191 g/mol. The molecule has 0 fully saturated rings. The molecule has 4 heteroatoms. The summed E-state index contributed by atoms with van der Waals surface area (Å²) < 4.78 is 0. The number of hydrogen-bond acceptors (Lipinski definition) is 3. The Kier molecular flexibility index (Phi) is 1.91. The van der Waals surface area contributed by atoms with E-state index in [1.54, 1.807) is 12.4 Å². The summed E-state index contributed by atoms with van der Waals surface area (Å²) in [6, 6.07) is 1.86. The molecule has 2 rings (SSSR count). The van der Waals surface area contributed by atoms with Gasteiger partial charge >= 0.3 is 0 Å². The van der Waals surface area contributed by atoms with E-state index < -0.39 is 0 Å². The van der Waals surface area contributed by atoms with Gasteiger partial charge in [0.15, 0.2) is 0 Å². The van der Waals surface area contributed by atoms with Gasteiger partial charge in [0.2, 0.25) is 5.91 Å². The molecule has 4 nitrogen and oxygen atoms in total. The lowest BCUT2D eigenvalue weighted by molar-refractivity contribution is -0.123. The van der Waals surface area contributed by atoms with Crippen molar-refractivity contribution in [1.82, 2.24) is 4.98 Å². The Morgan fingerprint density at radius 2 is 2.21 bits per heavy atom. The van der Waals surface area contributed by atoms with Gasteiger partial charge in [-0.25, -0.2) is 0 Å². The highest BCUT2D eigenvalue weighted by Gasteiger charge is 2.30. The van der Waals surface area contributed by atoms with Crippen molar-refractivity contribution in [2.75, 3.05) is 17.2 Å². The van der Waals surface area contributed by atoms with Crippen LogP contribution in [-0.2, 0) is 4.79 Å². The predicted octanol–water partition coefficient (Wildman–Crippen LogP) is 1.47. The molecular formula is C10H13N3O. The summed E-state index contributed by atoms with van der Waals surface area (Å²) >= 11 is 0. The number of anilines is 2. The van der Waals surface area contributed by atoms with E-state index in [2.05, 4.69) is 15.6 Å². The van der Waals surface area contributed by atoms with Crippen LogP contribution < -0.4 is 10.6 Å². The number of carbonyl (C=O) groups is 1. The van der Waals surface area contributed by atoms with Crippen LogP contribution in [0.25, 0.3) is 0 Å². The van der Waals surface area contributed by atoms with Crippen LogP contribution >= 0.6 is 0 Å². The van der Waals surface area contributed by atoms with E-state index in [0.29, 0.717) is 6.54 Å². The summed E-state index contributed by atoms with van der Waals surface area (Å²) in [6.45, 7) is 4.46. The van der Waals surface area contributed by atoms with Crippen LogP contribution in [0.5, 0.6) is 0 Å². The molecule has 0 atom stereocenters. The number of hydrogen-bond donors (Lipinski definition) is 2. The van der Waals surface area contributed by atoms with Gasteiger partial charge in [0, 0.05) is 12.7 Å². The lowest BCUT2D eigenvalue weighted by atomic mass is 9.93. The molecular weight excluding hydrogens is 178 g/mol. The van der Waals surface area contributed by atoms with E-state index in [9.17, 15) is 4.79 Å². The van der Waals surface area contributed by atoms with Gasteiger partial charge in [0.25, 0.3) is 0 Å². The second-order valence-electron chi connectivity index (χ2n) is 4.11. The second-order valence-corrected chi connectivity index (χ2v) is 4.11. The highest BCUT2D eigenvalue weighted by Crippen LogP contribution is 2.28. The monoisotopic (exact) mass is 191 g/mol. The van der Waals surface area contributed by atoms with Crippen molar-refractivity contribution in [3.05, 3.63) is 18.5 Å². The Morgan fingerprint density at radius 3 is 3.00 bits per heavy atom. The van der Waals surface area contributed by atoms with Gasteiger partial charge in [-0.3, -0.25) is 9.78 Å². The van der Waals surface area contributed by atoms with Crippen molar-refractivity contribution >= 4 is 17.3 Å². The van der Waals surface area contributed by atoms with Gasteiger partial charge < -0.3 is 10.6 Å². The fourth-order valence-electron chi connectivity index (χ4n) is 1.34. The van der Waals surface area contributed by atoms with E-state index in [-0.39, 0.29) is 11.3 Å². The lowest BCUT2D eigenvalue weighted by Gasteiger charge is -2.19. The maximum absolute atomic E-state index is 11.7. The molecule has 74 valence electrons. The Bertz CT molecular complexity index is 373. The zero-order valence-electron chi connectivity index (χ0n) is 8.29. The molecule has 2 N–H and O–H groups in total. The average Bonchev–Trinajstić information content (AvgIpc) is 2.26. The highest BCUT2D eigenvalue weighted by atomic mass is 16.2. The summed E-state index contributed by atoms with van der Waals surface area (Å²) in [7, 11) is 0. The fourth-order valence-corrected chi connectivity index (χ4v) is 1.34. The standard InChI is InChI=1S/C10H13N3O/c1-10(2)6-12-7-3-4-11-5-8(7)13-9(10)14/h3-5,12H,6H2,1-2H3,(H,13,14). The molecule has 1 aliphatic heterocycles. The molecule has 0 bridgehead atoms. The molecule has 0 aromatic carbocycles. The first-order valence-electron chi connectivity index (χ1n) is 4.59. The molecule has 0 aliphatic carbocycles. The van der Waals surface area contributed by atoms with Crippen molar-refractivity contribution in [3.8, 4) is 0 Å². The van der Waals surface area contributed by atoms with Crippen LogP contribution in [0.3, 0.4) is 0 Å². The first kappa shape index (κ1) is 8.99. The zero-order valence-corrected chi connectivity index (χ0v) is 8.29. The number of fused-ring (bicyclic) bond motifs is 1. The van der Waals surface area contributed by atoms with Gasteiger partial charge in [-0.1, -0.05) is 0 Å². The van der Waals surface area contributed by atoms with Crippen LogP contribution in [0.1, 0.15) is 13.8 Å². The molecule has 2 heterocycles. The van der Waals surface area contributed by atoms with Crippen molar-refractivity contribution < 1.29 is 4.79 Å². The van der Waals surface area contributed by atoms with Crippen LogP contribution in [0, 0.1) is 5.41 Å². The Morgan fingerprint density at radius 1 is 1.43 bits per heavy atom. The topological polar surface area (TPSA) is 54.0 Å². The lowest BCUT2D eigenvalue weighted by Crippen LogP contribution is -2.34. The first-order chi connectivity index (χ1) is 6.59. The number of nitrogens with one attached hydrogen (secondary N) is 2. The molecule has 1 aliphatic rings. The van der Waals surface area contributed by atoms with E-state index in [1.807, 2.05) is 19.9 Å². The van der Waals surface area contributed by atoms with Gasteiger partial charge in [-0.2, -0.15) is 0 Å². The van der Waals surface area contributed by atoms with Crippen molar-refractivity contribution in [2.45, 2.75) is 13.8 Å². The Hall–Kier alpha value is -1.58. The van der Waals surface area contributed by atoms with Crippen LogP contribution in [0.4, 0.5) is 11.4 Å². The Labute approximate surface area is 82.7 Å². The minimum atomic E-state index is -0.390. The van der Waals surface area contributed by atoms with Crippen molar-refractivity contribution in [1.29, 1.82) is 0 Å². The first-order valence-corrected chi connectivity index (χ1v) is 4.59. The van der Waals surface area contributed by atoms with Gasteiger partial charge in [-0.15, -0.1) is 0 Å².